The number of anilines is 1. The van der Waals surface area contributed by atoms with E-state index in [1.165, 1.54) is 29.8 Å². The van der Waals surface area contributed by atoms with Crippen LogP contribution in [-0.4, -0.2) is 26.1 Å². The van der Waals surface area contributed by atoms with Crippen LogP contribution < -0.4 is 10.9 Å². The topological polar surface area (TPSA) is 103 Å². The number of amides is 1. The second-order valence-corrected chi connectivity index (χ2v) is 8.40. The van der Waals surface area contributed by atoms with E-state index in [4.69, 9.17) is 4.42 Å². The SMILES string of the molecule is CC(=O)Nc1cccc(-n2nnnc2SCc2cc(=O)oc3cc4c(cc23)CCC4)c1. The number of hydrogen-bond donors (Lipinski definition) is 1. The number of tetrazole rings is 1. The van der Waals surface area contributed by atoms with E-state index >= 15 is 0 Å². The predicted octanol–water partition coefficient (Wildman–Crippen LogP) is 3.51. The lowest BCUT2D eigenvalue weighted by Crippen LogP contribution is -2.07. The van der Waals surface area contributed by atoms with Crippen molar-refractivity contribution in [3.63, 3.8) is 0 Å². The largest absolute Gasteiger partial charge is 0.423 e. The highest BCUT2D eigenvalue weighted by Gasteiger charge is 2.16. The molecule has 0 radical (unpaired) electrons. The van der Waals surface area contributed by atoms with Gasteiger partial charge < -0.3 is 9.73 Å². The Balaban J connectivity index is 1.45. The summed E-state index contributed by atoms with van der Waals surface area (Å²) >= 11 is 1.44. The smallest absolute Gasteiger partial charge is 0.336 e. The molecule has 0 bridgehead atoms. The van der Waals surface area contributed by atoms with Crippen LogP contribution in [0.5, 0.6) is 0 Å². The van der Waals surface area contributed by atoms with Gasteiger partial charge in [-0.1, -0.05) is 17.8 Å². The van der Waals surface area contributed by atoms with Crippen LogP contribution in [0.25, 0.3) is 16.7 Å². The van der Waals surface area contributed by atoms with Crippen molar-refractivity contribution in [3.8, 4) is 5.69 Å². The summed E-state index contributed by atoms with van der Waals surface area (Å²) in [5.41, 5.74) is 5.16. The fraction of sp³-hybridized carbons (Fsp3) is 0.227. The first kappa shape index (κ1) is 19.5. The summed E-state index contributed by atoms with van der Waals surface area (Å²) in [7, 11) is 0. The van der Waals surface area contributed by atoms with Crippen molar-refractivity contribution in [2.45, 2.75) is 37.1 Å². The summed E-state index contributed by atoms with van der Waals surface area (Å²) in [5.74, 6) is 0.372. The maximum absolute atomic E-state index is 12.1. The summed E-state index contributed by atoms with van der Waals surface area (Å²) in [6, 6.07) is 13.0. The lowest BCUT2D eigenvalue weighted by atomic mass is 10.0. The Morgan fingerprint density at radius 2 is 2.03 bits per heavy atom. The third-order valence-electron chi connectivity index (χ3n) is 5.25. The fourth-order valence-electron chi connectivity index (χ4n) is 3.91. The first-order valence-corrected chi connectivity index (χ1v) is 10.9. The van der Waals surface area contributed by atoms with E-state index in [-0.39, 0.29) is 11.5 Å². The average Bonchev–Trinajstić information content (AvgIpc) is 3.39. The van der Waals surface area contributed by atoms with Crippen molar-refractivity contribution in [2.24, 2.45) is 0 Å². The minimum Gasteiger partial charge on any atom is -0.423 e. The molecule has 1 N–H and O–H groups in total. The molecular weight excluding hydrogens is 414 g/mol. The molecule has 0 aliphatic heterocycles. The Morgan fingerprint density at radius 1 is 1.19 bits per heavy atom. The normalized spacial score (nSPS) is 12.8. The molecule has 156 valence electrons. The molecule has 1 aliphatic rings. The Morgan fingerprint density at radius 3 is 2.87 bits per heavy atom. The van der Waals surface area contributed by atoms with Gasteiger partial charge in [0.1, 0.15) is 5.58 Å². The fourth-order valence-corrected chi connectivity index (χ4v) is 4.79. The molecule has 0 unspecified atom stereocenters. The molecule has 5 rings (SSSR count). The highest BCUT2D eigenvalue weighted by atomic mass is 32.2. The van der Waals surface area contributed by atoms with E-state index in [0.717, 1.165) is 35.9 Å². The maximum atomic E-state index is 12.1. The number of aromatic nitrogens is 4. The first-order valence-electron chi connectivity index (χ1n) is 9.94. The Labute approximate surface area is 181 Å². The monoisotopic (exact) mass is 433 g/mol. The summed E-state index contributed by atoms with van der Waals surface area (Å²) in [4.78, 5) is 23.5. The van der Waals surface area contributed by atoms with E-state index in [0.29, 0.717) is 22.2 Å². The van der Waals surface area contributed by atoms with Crippen molar-refractivity contribution in [3.05, 3.63) is 69.6 Å². The second kappa shape index (κ2) is 7.99. The minimum atomic E-state index is -0.358. The lowest BCUT2D eigenvalue weighted by molar-refractivity contribution is -0.114. The molecule has 0 spiro atoms. The molecule has 31 heavy (non-hydrogen) atoms. The van der Waals surface area contributed by atoms with Gasteiger partial charge in [-0.15, -0.1) is 5.10 Å². The van der Waals surface area contributed by atoms with Crippen molar-refractivity contribution in [1.29, 1.82) is 0 Å². The highest BCUT2D eigenvalue weighted by molar-refractivity contribution is 7.98. The van der Waals surface area contributed by atoms with Crippen LogP contribution in [0.15, 0.2) is 56.8 Å². The van der Waals surface area contributed by atoms with Gasteiger partial charge in [0, 0.05) is 29.8 Å². The molecule has 0 atom stereocenters. The van der Waals surface area contributed by atoms with Gasteiger partial charge in [0.2, 0.25) is 11.1 Å². The number of nitrogens with one attached hydrogen (secondary N) is 1. The summed E-state index contributed by atoms with van der Waals surface area (Å²) in [6.45, 7) is 1.46. The number of benzene rings is 2. The van der Waals surface area contributed by atoms with Gasteiger partial charge in [-0.2, -0.15) is 4.68 Å². The van der Waals surface area contributed by atoms with Crippen LogP contribution >= 0.6 is 11.8 Å². The van der Waals surface area contributed by atoms with Gasteiger partial charge >= 0.3 is 5.63 Å². The number of nitrogens with zero attached hydrogens (tertiary/aromatic N) is 4. The molecule has 8 nitrogen and oxygen atoms in total. The van der Waals surface area contributed by atoms with Crippen LogP contribution in [-0.2, 0) is 23.4 Å². The molecule has 0 saturated carbocycles. The van der Waals surface area contributed by atoms with Crippen LogP contribution in [0.2, 0.25) is 0 Å². The molecule has 1 amide bonds. The van der Waals surface area contributed by atoms with Crippen LogP contribution in [0.3, 0.4) is 0 Å². The zero-order chi connectivity index (χ0) is 21.4. The van der Waals surface area contributed by atoms with Gasteiger partial charge in [0.25, 0.3) is 0 Å². The Kier molecular flexibility index (Phi) is 5.03. The van der Waals surface area contributed by atoms with E-state index in [2.05, 4.69) is 26.9 Å². The van der Waals surface area contributed by atoms with Gasteiger partial charge in [-0.3, -0.25) is 4.79 Å². The zero-order valence-corrected chi connectivity index (χ0v) is 17.6. The molecule has 2 aromatic heterocycles. The van der Waals surface area contributed by atoms with E-state index in [1.807, 2.05) is 18.2 Å². The Hall–Kier alpha value is -3.46. The highest BCUT2D eigenvalue weighted by Crippen LogP contribution is 2.31. The molecule has 0 saturated heterocycles. The molecule has 0 fully saturated rings. The number of hydrogen-bond acceptors (Lipinski definition) is 7. The zero-order valence-electron chi connectivity index (χ0n) is 16.8. The molecule has 2 heterocycles. The number of fused-ring (bicyclic) bond motifs is 2. The van der Waals surface area contributed by atoms with E-state index < -0.39 is 0 Å². The standard InChI is InChI=1S/C22H19N5O3S/c1-13(28)23-17-6-3-7-18(11-17)27-22(24-25-26-27)31-12-16-10-21(29)30-20-9-15-5-2-4-14(15)8-19(16)20/h3,6-11H,2,4-5,12H2,1H3,(H,23,28). The maximum Gasteiger partial charge on any atom is 0.336 e. The molecular formula is C22H19N5O3S. The van der Waals surface area contributed by atoms with Gasteiger partial charge in [0.15, 0.2) is 0 Å². The summed E-state index contributed by atoms with van der Waals surface area (Å²) in [6.07, 6.45) is 3.21. The number of carbonyl (C=O) groups is 1. The molecule has 4 aromatic rings. The van der Waals surface area contributed by atoms with Crippen molar-refractivity contribution in [1.82, 2.24) is 20.2 Å². The van der Waals surface area contributed by atoms with Crippen molar-refractivity contribution < 1.29 is 9.21 Å². The van der Waals surface area contributed by atoms with Gasteiger partial charge in [-0.05, 0) is 76.7 Å². The summed E-state index contributed by atoms with van der Waals surface area (Å²) in [5, 5.41) is 16.3. The lowest BCUT2D eigenvalue weighted by Gasteiger charge is -2.09. The number of carbonyl (C=O) groups excluding carboxylic acids is 1. The second-order valence-electron chi connectivity index (χ2n) is 7.45. The quantitative estimate of drug-likeness (QED) is 0.379. The number of aryl methyl sites for hydroxylation is 2. The van der Waals surface area contributed by atoms with Crippen molar-refractivity contribution in [2.75, 3.05) is 5.32 Å². The third-order valence-corrected chi connectivity index (χ3v) is 6.22. The van der Waals surface area contributed by atoms with Crippen LogP contribution in [0, 0.1) is 0 Å². The molecule has 1 aliphatic carbocycles. The molecule has 9 heteroatoms. The average molecular weight is 433 g/mol. The van der Waals surface area contributed by atoms with Crippen molar-refractivity contribution >= 4 is 34.3 Å². The minimum absolute atomic E-state index is 0.148. The van der Waals surface area contributed by atoms with Crippen LogP contribution in [0.1, 0.15) is 30.0 Å². The predicted molar refractivity (Wildman–Crippen MR) is 118 cm³/mol. The number of thioether (sulfide) groups is 1. The Bertz CT molecular complexity index is 1360. The van der Waals surface area contributed by atoms with Crippen LogP contribution in [0.4, 0.5) is 5.69 Å². The van der Waals surface area contributed by atoms with E-state index in [9.17, 15) is 9.59 Å². The molecule has 2 aromatic carbocycles. The van der Waals surface area contributed by atoms with E-state index in [1.54, 1.807) is 22.9 Å². The van der Waals surface area contributed by atoms with Gasteiger partial charge in [0.05, 0.1) is 5.69 Å². The first-order chi connectivity index (χ1) is 15.1. The third kappa shape index (κ3) is 3.96. The van der Waals surface area contributed by atoms with Gasteiger partial charge in [-0.25, -0.2) is 4.79 Å². The summed E-state index contributed by atoms with van der Waals surface area (Å²) < 4.78 is 7.07. The number of rotatable bonds is 5.